The smallest absolute Gasteiger partial charge is 0.306 e. The first-order valence-corrected chi connectivity index (χ1v) is 8.99. The number of hydrogen-bond donors (Lipinski definition) is 2. The second-order valence-electron chi connectivity index (χ2n) is 6.00. The summed E-state index contributed by atoms with van der Waals surface area (Å²) in [6.07, 6.45) is 0.630. The minimum atomic E-state index is -0.608. The molecular formula is C21H24N2O5. The largest absolute Gasteiger partial charge is 0.497 e. The summed E-state index contributed by atoms with van der Waals surface area (Å²) >= 11 is 0. The molecule has 148 valence electrons. The molecule has 0 bridgehead atoms. The normalized spacial score (nSPS) is 10.1. The van der Waals surface area contributed by atoms with Gasteiger partial charge in [0.25, 0.3) is 5.91 Å². The third-order valence-electron chi connectivity index (χ3n) is 3.97. The van der Waals surface area contributed by atoms with Crippen molar-refractivity contribution in [2.75, 3.05) is 24.4 Å². The summed E-state index contributed by atoms with van der Waals surface area (Å²) in [5, 5.41) is 5.40. The predicted molar refractivity (Wildman–Crippen MR) is 106 cm³/mol. The van der Waals surface area contributed by atoms with Crippen LogP contribution in [0, 0.1) is 0 Å². The van der Waals surface area contributed by atoms with Crippen LogP contribution in [0.3, 0.4) is 0 Å². The summed E-state index contributed by atoms with van der Waals surface area (Å²) in [7, 11) is 1.56. The van der Waals surface area contributed by atoms with Crippen LogP contribution in [0.15, 0.2) is 48.5 Å². The van der Waals surface area contributed by atoms with Crippen molar-refractivity contribution in [1.29, 1.82) is 0 Å². The Morgan fingerprint density at radius 1 is 0.893 bits per heavy atom. The number of nitrogens with one attached hydrogen (secondary N) is 2. The van der Waals surface area contributed by atoms with E-state index in [1.807, 2.05) is 25.1 Å². The van der Waals surface area contributed by atoms with Crippen molar-refractivity contribution in [3.05, 3.63) is 54.1 Å². The van der Waals surface area contributed by atoms with Crippen LogP contribution in [0.1, 0.15) is 25.3 Å². The Morgan fingerprint density at radius 2 is 1.61 bits per heavy atom. The fourth-order valence-electron chi connectivity index (χ4n) is 2.47. The Labute approximate surface area is 164 Å². The first-order valence-electron chi connectivity index (χ1n) is 8.99. The fourth-order valence-corrected chi connectivity index (χ4v) is 2.47. The number of rotatable bonds is 9. The monoisotopic (exact) mass is 384 g/mol. The molecule has 7 nitrogen and oxygen atoms in total. The van der Waals surface area contributed by atoms with Crippen molar-refractivity contribution in [2.24, 2.45) is 0 Å². The molecule has 0 atom stereocenters. The van der Waals surface area contributed by atoms with E-state index in [9.17, 15) is 14.4 Å². The number of carbonyl (C=O) groups is 3. The van der Waals surface area contributed by atoms with Gasteiger partial charge >= 0.3 is 5.97 Å². The number of anilines is 2. The van der Waals surface area contributed by atoms with Crippen LogP contribution in [0.4, 0.5) is 11.4 Å². The first-order chi connectivity index (χ1) is 13.5. The van der Waals surface area contributed by atoms with E-state index in [2.05, 4.69) is 10.6 Å². The predicted octanol–water partition coefficient (Wildman–Crippen LogP) is 3.16. The Bertz CT molecular complexity index is 818. The number of carbonyl (C=O) groups excluding carboxylic acids is 3. The maximum absolute atomic E-state index is 11.9. The van der Waals surface area contributed by atoms with Gasteiger partial charge in [-0.15, -0.1) is 0 Å². The standard InChI is InChI=1S/C21H24N2O5/c1-3-15-6-4-5-7-18(15)23-20(25)14-28-21(26)13-12-19(24)22-16-8-10-17(27-2)11-9-16/h4-11H,3,12-14H2,1-2H3,(H,22,24)(H,23,25). The van der Waals surface area contributed by atoms with Gasteiger partial charge in [0.2, 0.25) is 5.91 Å². The maximum atomic E-state index is 11.9. The number of esters is 1. The van der Waals surface area contributed by atoms with Gasteiger partial charge in [-0.3, -0.25) is 14.4 Å². The maximum Gasteiger partial charge on any atom is 0.306 e. The van der Waals surface area contributed by atoms with Crippen molar-refractivity contribution in [3.63, 3.8) is 0 Å². The summed E-state index contributed by atoms with van der Waals surface area (Å²) in [6, 6.07) is 14.3. The Morgan fingerprint density at radius 3 is 2.29 bits per heavy atom. The fraction of sp³-hybridized carbons (Fsp3) is 0.286. The molecule has 2 aromatic carbocycles. The SMILES string of the molecule is CCc1ccccc1NC(=O)COC(=O)CCC(=O)Nc1ccc(OC)cc1. The number of methoxy groups -OCH3 is 1. The highest BCUT2D eigenvalue weighted by atomic mass is 16.5. The van der Waals surface area contributed by atoms with Crippen molar-refractivity contribution in [2.45, 2.75) is 26.2 Å². The molecule has 0 spiro atoms. The Hall–Kier alpha value is -3.35. The quantitative estimate of drug-likeness (QED) is 0.648. The van der Waals surface area contributed by atoms with Crippen LogP contribution in [0.5, 0.6) is 5.75 Å². The molecule has 0 aliphatic heterocycles. The first kappa shape index (κ1) is 21.0. The van der Waals surface area contributed by atoms with Crippen LogP contribution in [-0.4, -0.2) is 31.5 Å². The van der Waals surface area contributed by atoms with Crippen LogP contribution in [0.2, 0.25) is 0 Å². The molecule has 28 heavy (non-hydrogen) atoms. The molecule has 2 amide bonds. The second kappa shape index (κ2) is 10.7. The van der Waals surface area contributed by atoms with Crippen molar-refractivity contribution < 1.29 is 23.9 Å². The zero-order valence-corrected chi connectivity index (χ0v) is 16.0. The van der Waals surface area contributed by atoms with Crippen LogP contribution in [0.25, 0.3) is 0 Å². The second-order valence-corrected chi connectivity index (χ2v) is 6.00. The average molecular weight is 384 g/mol. The molecule has 0 saturated heterocycles. The van der Waals surface area contributed by atoms with E-state index in [0.29, 0.717) is 17.1 Å². The minimum absolute atomic E-state index is 0.0366. The molecule has 2 N–H and O–H groups in total. The number of aryl methyl sites for hydroxylation is 1. The molecule has 0 aliphatic carbocycles. The Kier molecular flexibility index (Phi) is 8.02. The van der Waals surface area contributed by atoms with E-state index < -0.39 is 18.5 Å². The van der Waals surface area contributed by atoms with E-state index in [-0.39, 0.29) is 18.7 Å². The Balaban J connectivity index is 1.70. The zero-order chi connectivity index (χ0) is 20.4. The number of amides is 2. The number of hydrogen-bond acceptors (Lipinski definition) is 5. The summed E-state index contributed by atoms with van der Waals surface area (Å²) in [5.41, 5.74) is 2.30. The number of para-hydroxylation sites is 1. The van der Waals surface area contributed by atoms with Gasteiger partial charge in [0, 0.05) is 17.8 Å². The molecule has 0 aromatic heterocycles. The summed E-state index contributed by atoms with van der Waals surface area (Å²) in [6.45, 7) is 1.60. The van der Waals surface area contributed by atoms with E-state index in [1.54, 1.807) is 37.4 Å². The van der Waals surface area contributed by atoms with Crippen LogP contribution >= 0.6 is 0 Å². The van der Waals surface area contributed by atoms with Gasteiger partial charge in [-0.1, -0.05) is 25.1 Å². The van der Waals surface area contributed by atoms with Crippen LogP contribution in [-0.2, 0) is 25.5 Å². The topological polar surface area (TPSA) is 93.7 Å². The molecule has 2 rings (SSSR count). The van der Waals surface area contributed by atoms with E-state index in [1.165, 1.54) is 0 Å². The highest BCUT2D eigenvalue weighted by Gasteiger charge is 2.12. The molecule has 0 unspecified atom stereocenters. The molecule has 0 aliphatic rings. The lowest BCUT2D eigenvalue weighted by atomic mass is 10.1. The lowest BCUT2D eigenvalue weighted by molar-refractivity contribution is -0.147. The van der Waals surface area contributed by atoms with Gasteiger partial charge in [-0.05, 0) is 42.3 Å². The van der Waals surface area contributed by atoms with E-state index >= 15 is 0 Å². The molecule has 0 heterocycles. The molecule has 0 saturated carbocycles. The van der Waals surface area contributed by atoms with Crippen molar-refractivity contribution >= 4 is 29.2 Å². The van der Waals surface area contributed by atoms with E-state index in [4.69, 9.17) is 9.47 Å². The van der Waals surface area contributed by atoms with Gasteiger partial charge < -0.3 is 20.1 Å². The van der Waals surface area contributed by atoms with Crippen molar-refractivity contribution in [1.82, 2.24) is 0 Å². The molecule has 2 aromatic rings. The van der Waals surface area contributed by atoms with Gasteiger partial charge in [0.15, 0.2) is 6.61 Å². The summed E-state index contributed by atoms with van der Waals surface area (Å²) < 4.78 is 9.98. The van der Waals surface area contributed by atoms with E-state index in [0.717, 1.165) is 12.0 Å². The average Bonchev–Trinajstić information content (AvgIpc) is 2.71. The molecule has 7 heteroatoms. The highest BCUT2D eigenvalue weighted by molar-refractivity contribution is 5.94. The van der Waals surface area contributed by atoms with Gasteiger partial charge in [0.05, 0.1) is 13.5 Å². The molecular weight excluding hydrogens is 360 g/mol. The molecule has 0 fully saturated rings. The lowest BCUT2D eigenvalue weighted by Gasteiger charge is -2.10. The summed E-state index contributed by atoms with van der Waals surface area (Å²) in [4.78, 5) is 35.6. The molecule has 0 radical (unpaired) electrons. The third-order valence-corrected chi connectivity index (χ3v) is 3.97. The summed E-state index contributed by atoms with van der Waals surface area (Å²) in [5.74, 6) is -0.661. The van der Waals surface area contributed by atoms with Crippen LogP contribution < -0.4 is 15.4 Å². The van der Waals surface area contributed by atoms with Gasteiger partial charge in [-0.2, -0.15) is 0 Å². The number of ether oxygens (including phenoxy) is 2. The lowest BCUT2D eigenvalue weighted by Crippen LogP contribution is -2.22. The zero-order valence-electron chi connectivity index (χ0n) is 16.0. The van der Waals surface area contributed by atoms with Gasteiger partial charge in [0.1, 0.15) is 5.75 Å². The number of benzene rings is 2. The highest BCUT2D eigenvalue weighted by Crippen LogP contribution is 2.16. The van der Waals surface area contributed by atoms with Gasteiger partial charge in [-0.25, -0.2) is 0 Å². The third kappa shape index (κ3) is 6.75. The minimum Gasteiger partial charge on any atom is -0.497 e. The van der Waals surface area contributed by atoms with Crippen molar-refractivity contribution in [3.8, 4) is 5.75 Å².